The average Bonchev–Trinajstić information content (AvgIpc) is 3.33. The zero-order valence-corrected chi connectivity index (χ0v) is 14.7. The highest BCUT2D eigenvalue weighted by Gasteiger charge is 2.22. The number of thioether (sulfide) groups is 1. The van der Waals surface area contributed by atoms with Crippen molar-refractivity contribution < 1.29 is 9.15 Å². The summed E-state index contributed by atoms with van der Waals surface area (Å²) >= 11 is 1.62. The van der Waals surface area contributed by atoms with E-state index in [1.807, 2.05) is 42.5 Å². The van der Waals surface area contributed by atoms with E-state index in [0.29, 0.717) is 5.82 Å². The summed E-state index contributed by atoms with van der Waals surface area (Å²) in [5.74, 6) is 2.16. The molecule has 128 valence electrons. The third-order valence-corrected chi connectivity index (χ3v) is 5.23. The van der Waals surface area contributed by atoms with E-state index >= 15 is 0 Å². The second kappa shape index (κ2) is 6.03. The molecule has 3 heterocycles. The molecule has 2 aromatic carbocycles. The summed E-state index contributed by atoms with van der Waals surface area (Å²) in [4.78, 5) is 0. The van der Waals surface area contributed by atoms with Gasteiger partial charge in [-0.25, -0.2) is 0 Å². The van der Waals surface area contributed by atoms with Crippen LogP contribution in [0.2, 0.25) is 0 Å². The molecule has 0 amide bonds. The van der Waals surface area contributed by atoms with Crippen molar-refractivity contribution in [1.29, 1.82) is 0 Å². The lowest BCUT2D eigenvalue weighted by atomic mass is 10.1. The fourth-order valence-electron chi connectivity index (χ4n) is 3.01. The molecule has 0 N–H and O–H groups in total. The van der Waals surface area contributed by atoms with Gasteiger partial charge in [0.05, 0.1) is 24.6 Å². The van der Waals surface area contributed by atoms with E-state index in [9.17, 15) is 0 Å². The molecule has 1 aliphatic rings. The van der Waals surface area contributed by atoms with Crippen LogP contribution in [0.5, 0.6) is 5.75 Å². The number of methoxy groups -OCH3 is 1. The maximum Gasteiger partial charge on any atom is 0.212 e. The Hall–Kier alpha value is -3.06. The van der Waals surface area contributed by atoms with Gasteiger partial charge < -0.3 is 9.15 Å². The van der Waals surface area contributed by atoms with E-state index in [1.54, 1.807) is 29.8 Å². The van der Waals surface area contributed by atoms with Gasteiger partial charge in [-0.1, -0.05) is 23.9 Å². The molecule has 0 bridgehead atoms. The van der Waals surface area contributed by atoms with Crippen molar-refractivity contribution in [3.05, 3.63) is 60.4 Å². The molecule has 4 aromatic rings. The summed E-state index contributed by atoms with van der Waals surface area (Å²) in [7, 11) is 1.65. The largest absolute Gasteiger partial charge is 0.496 e. The third kappa shape index (κ3) is 2.40. The summed E-state index contributed by atoms with van der Waals surface area (Å²) in [6.07, 6.45) is 1.70. The molecule has 0 atom stereocenters. The van der Waals surface area contributed by atoms with Gasteiger partial charge in [0, 0.05) is 11.1 Å². The number of hydrogen-bond donors (Lipinski definition) is 0. The van der Waals surface area contributed by atoms with Gasteiger partial charge in [0.1, 0.15) is 11.3 Å². The first-order valence-electron chi connectivity index (χ1n) is 8.10. The van der Waals surface area contributed by atoms with Crippen LogP contribution in [-0.2, 0) is 0 Å². The molecule has 1 aliphatic heterocycles. The first-order chi connectivity index (χ1) is 12.8. The Kier molecular flexibility index (Phi) is 3.53. The standard InChI is InChI=1S/C19H14N4O2S/c1-24-17-5-3-2-4-14(17)18-20-21-19-23(18)22-15(11-26-19)12-6-7-16-13(10-12)8-9-25-16/h2-10H,11H2,1H3. The molecule has 0 unspecified atom stereocenters. The number of aromatic nitrogens is 3. The second-order valence-corrected chi connectivity index (χ2v) is 6.77. The Morgan fingerprint density at radius 2 is 2.04 bits per heavy atom. The molecule has 0 radical (unpaired) electrons. The predicted octanol–water partition coefficient (Wildman–Crippen LogP) is 4.06. The summed E-state index contributed by atoms with van der Waals surface area (Å²) < 4.78 is 12.7. The van der Waals surface area contributed by atoms with E-state index in [1.165, 1.54) is 0 Å². The Labute approximate surface area is 153 Å². The van der Waals surface area contributed by atoms with E-state index < -0.39 is 0 Å². The molecule has 0 saturated heterocycles. The monoisotopic (exact) mass is 362 g/mol. The van der Waals surface area contributed by atoms with Crippen molar-refractivity contribution in [3.8, 4) is 17.1 Å². The Bertz CT molecular complexity index is 1150. The van der Waals surface area contributed by atoms with Gasteiger partial charge in [0.2, 0.25) is 5.16 Å². The molecule has 7 heteroatoms. The van der Waals surface area contributed by atoms with Gasteiger partial charge in [-0.2, -0.15) is 9.78 Å². The highest BCUT2D eigenvalue weighted by atomic mass is 32.2. The number of hydrogen-bond acceptors (Lipinski definition) is 6. The molecule has 6 nitrogen and oxygen atoms in total. The number of nitrogens with zero attached hydrogens (tertiary/aromatic N) is 4. The predicted molar refractivity (Wildman–Crippen MR) is 101 cm³/mol. The number of furan rings is 1. The molecular formula is C19H14N4O2S. The fraction of sp³-hybridized carbons (Fsp3) is 0.105. The van der Waals surface area contributed by atoms with Gasteiger partial charge in [0.25, 0.3) is 0 Å². The summed E-state index contributed by atoms with van der Waals surface area (Å²) in [5, 5.41) is 15.3. The molecule has 5 rings (SSSR count). The van der Waals surface area contributed by atoms with Crippen LogP contribution in [-0.4, -0.2) is 33.4 Å². The van der Waals surface area contributed by atoms with E-state index in [2.05, 4.69) is 16.3 Å². The van der Waals surface area contributed by atoms with Crippen LogP contribution in [0.3, 0.4) is 0 Å². The molecule has 2 aromatic heterocycles. The van der Waals surface area contributed by atoms with Crippen molar-refractivity contribution >= 4 is 28.4 Å². The Balaban J connectivity index is 1.62. The van der Waals surface area contributed by atoms with Crippen molar-refractivity contribution in [2.24, 2.45) is 5.10 Å². The number of benzene rings is 2. The number of ether oxygens (including phenoxy) is 1. The molecule has 0 aliphatic carbocycles. The maximum atomic E-state index is 5.46. The van der Waals surface area contributed by atoms with Crippen LogP contribution in [0.4, 0.5) is 0 Å². The maximum absolute atomic E-state index is 5.46. The Morgan fingerprint density at radius 1 is 1.12 bits per heavy atom. The number of para-hydroxylation sites is 1. The minimum Gasteiger partial charge on any atom is -0.496 e. The highest BCUT2D eigenvalue weighted by molar-refractivity contribution is 7.99. The topological polar surface area (TPSA) is 65.4 Å². The minimum absolute atomic E-state index is 0.673. The molecule has 26 heavy (non-hydrogen) atoms. The molecule has 0 spiro atoms. The van der Waals surface area contributed by atoms with E-state index in [0.717, 1.165) is 44.5 Å². The average molecular weight is 362 g/mol. The lowest BCUT2D eigenvalue weighted by Gasteiger charge is -2.14. The highest BCUT2D eigenvalue weighted by Crippen LogP contribution is 2.33. The summed E-state index contributed by atoms with van der Waals surface area (Å²) in [5.41, 5.74) is 3.78. The van der Waals surface area contributed by atoms with Gasteiger partial charge in [-0.15, -0.1) is 10.2 Å². The summed E-state index contributed by atoms with van der Waals surface area (Å²) in [6, 6.07) is 15.8. The van der Waals surface area contributed by atoms with E-state index in [4.69, 9.17) is 14.3 Å². The van der Waals surface area contributed by atoms with Gasteiger partial charge in [-0.3, -0.25) is 0 Å². The SMILES string of the molecule is COc1ccccc1-c1nnc2n1N=C(c1ccc3occc3c1)CS2. The van der Waals surface area contributed by atoms with Crippen molar-refractivity contribution in [1.82, 2.24) is 14.9 Å². The van der Waals surface area contributed by atoms with Crippen LogP contribution in [0, 0.1) is 0 Å². The third-order valence-electron chi connectivity index (χ3n) is 4.30. The smallest absolute Gasteiger partial charge is 0.212 e. The van der Waals surface area contributed by atoms with Crippen molar-refractivity contribution in [2.75, 3.05) is 12.9 Å². The van der Waals surface area contributed by atoms with Crippen LogP contribution >= 0.6 is 11.8 Å². The fourth-order valence-corrected chi connectivity index (χ4v) is 3.85. The summed E-state index contributed by atoms with van der Waals surface area (Å²) in [6.45, 7) is 0. The number of fused-ring (bicyclic) bond motifs is 2. The normalized spacial score (nSPS) is 13.5. The minimum atomic E-state index is 0.673. The molecule has 0 saturated carbocycles. The quantitative estimate of drug-likeness (QED) is 0.550. The first kappa shape index (κ1) is 15.2. The lowest BCUT2D eigenvalue weighted by molar-refractivity contribution is 0.416. The zero-order valence-electron chi connectivity index (χ0n) is 13.9. The van der Waals surface area contributed by atoms with Gasteiger partial charge >= 0.3 is 0 Å². The first-order valence-corrected chi connectivity index (χ1v) is 9.09. The Morgan fingerprint density at radius 3 is 2.96 bits per heavy atom. The van der Waals surface area contributed by atoms with Crippen LogP contribution in [0.1, 0.15) is 5.56 Å². The van der Waals surface area contributed by atoms with Crippen LogP contribution < -0.4 is 4.74 Å². The molecular weight excluding hydrogens is 348 g/mol. The van der Waals surface area contributed by atoms with Gasteiger partial charge in [-0.05, 0) is 42.0 Å². The second-order valence-electron chi connectivity index (χ2n) is 5.83. The van der Waals surface area contributed by atoms with Crippen molar-refractivity contribution in [3.63, 3.8) is 0 Å². The van der Waals surface area contributed by atoms with Crippen molar-refractivity contribution in [2.45, 2.75) is 5.16 Å². The lowest BCUT2D eigenvalue weighted by Crippen LogP contribution is -2.13. The van der Waals surface area contributed by atoms with Crippen LogP contribution in [0.25, 0.3) is 22.4 Å². The number of rotatable bonds is 3. The zero-order chi connectivity index (χ0) is 17.5. The van der Waals surface area contributed by atoms with Gasteiger partial charge in [0.15, 0.2) is 5.82 Å². The van der Waals surface area contributed by atoms with Crippen LogP contribution in [0.15, 0.2) is 69.5 Å². The molecule has 0 fully saturated rings. The van der Waals surface area contributed by atoms with E-state index in [-0.39, 0.29) is 0 Å².